The summed E-state index contributed by atoms with van der Waals surface area (Å²) < 4.78 is 10.5. The molecule has 0 spiro atoms. The average molecular weight is 316 g/mol. The van der Waals surface area contributed by atoms with E-state index in [1.807, 2.05) is 33.9 Å². The van der Waals surface area contributed by atoms with Gasteiger partial charge in [0.1, 0.15) is 12.2 Å². The maximum atomic E-state index is 11.9. The van der Waals surface area contributed by atoms with Crippen LogP contribution < -0.4 is 0 Å². The third-order valence-corrected chi connectivity index (χ3v) is 8.71. The Kier molecular flexibility index (Phi) is 4.84. The molecule has 7 heteroatoms. The molecule has 0 aromatic carbocycles. The van der Waals surface area contributed by atoms with Gasteiger partial charge in [0.05, 0.1) is 7.11 Å². The molecule has 0 radical (unpaired) electrons. The van der Waals surface area contributed by atoms with Crippen molar-refractivity contribution in [3.05, 3.63) is 12.2 Å². The van der Waals surface area contributed by atoms with Crippen LogP contribution in [0.25, 0.3) is 0 Å². The Morgan fingerprint density at radius 3 is 2.33 bits per heavy atom. The highest BCUT2D eigenvalue weighted by Gasteiger charge is 2.55. The zero-order valence-corrected chi connectivity index (χ0v) is 14.3. The molecule has 1 aliphatic carbocycles. The third kappa shape index (κ3) is 3.26. The smallest absolute Gasteiger partial charge is 0.344 e. The molecule has 0 bridgehead atoms. The van der Waals surface area contributed by atoms with Gasteiger partial charge in [-0.3, -0.25) is 4.79 Å². The number of hydrogen-bond acceptors (Lipinski definition) is 6. The summed E-state index contributed by atoms with van der Waals surface area (Å²) in [6.45, 7) is 9.73. The van der Waals surface area contributed by atoms with E-state index in [-0.39, 0.29) is 5.04 Å². The van der Waals surface area contributed by atoms with Gasteiger partial charge in [-0.05, 0) is 30.3 Å². The summed E-state index contributed by atoms with van der Waals surface area (Å²) in [6, 6.07) is 0. The Balaban J connectivity index is 3.24. The van der Waals surface area contributed by atoms with Crippen molar-refractivity contribution in [3.8, 4) is 0 Å². The van der Waals surface area contributed by atoms with E-state index in [2.05, 4.69) is 4.74 Å². The van der Waals surface area contributed by atoms with Gasteiger partial charge in [0, 0.05) is 0 Å². The van der Waals surface area contributed by atoms with Crippen molar-refractivity contribution in [1.82, 2.24) is 0 Å². The lowest BCUT2D eigenvalue weighted by molar-refractivity contribution is -0.176. The van der Waals surface area contributed by atoms with Gasteiger partial charge in [-0.25, -0.2) is 4.79 Å². The molecule has 0 heterocycles. The second kappa shape index (κ2) is 5.64. The molecular formula is C14H24O6Si. The van der Waals surface area contributed by atoms with Crippen LogP contribution in [0.5, 0.6) is 0 Å². The lowest BCUT2D eigenvalue weighted by atomic mass is 9.85. The van der Waals surface area contributed by atoms with E-state index >= 15 is 0 Å². The summed E-state index contributed by atoms with van der Waals surface area (Å²) in [6.07, 6.45) is -0.963. The molecule has 0 aromatic heterocycles. The van der Waals surface area contributed by atoms with Gasteiger partial charge in [-0.15, -0.1) is 0 Å². The molecule has 6 nitrogen and oxygen atoms in total. The van der Waals surface area contributed by atoms with E-state index in [0.717, 1.165) is 19.3 Å². The lowest BCUT2D eigenvalue weighted by Gasteiger charge is -2.44. The topological polar surface area (TPSA) is 93.1 Å². The number of rotatable bonds is 3. The molecule has 0 saturated carbocycles. The normalized spacial score (nSPS) is 30.4. The summed E-state index contributed by atoms with van der Waals surface area (Å²) in [4.78, 5) is 23.6. The van der Waals surface area contributed by atoms with Crippen molar-refractivity contribution >= 4 is 20.1 Å². The molecule has 2 N–H and O–H groups in total. The number of aliphatic hydroxyl groups is 2. The largest absolute Gasteiger partial charge is 0.467 e. The number of esters is 1. The Bertz CT molecular complexity index is 465. The van der Waals surface area contributed by atoms with Crippen LogP contribution in [0.1, 0.15) is 20.8 Å². The second-order valence-electron chi connectivity index (χ2n) is 6.80. The van der Waals surface area contributed by atoms with Crippen LogP contribution in [0.3, 0.4) is 0 Å². The number of hydrogen-bond donors (Lipinski definition) is 2. The quantitative estimate of drug-likeness (QED) is 0.590. The molecule has 120 valence electrons. The maximum Gasteiger partial charge on any atom is 0.344 e. The molecular weight excluding hydrogens is 292 g/mol. The monoisotopic (exact) mass is 316 g/mol. The predicted octanol–water partition coefficient (Wildman–Crippen LogP) is 0.781. The summed E-state index contributed by atoms with van der Waals surface area (Å²) in [7, 11) is -1.30. The number of carbonyl (C=O) groups excluding carboxylic acids is 2. The highest BCUT2D eigenvalue weighted by Crippen LogP contribution is 2.40. The van der Waals surface area contributed by atoms with Gasteiger partial charge in [0.15, 0.2) is 14.1 Å². The van der Waals surface area contributed by atoms with Crippen LogP contribution in [0.4, 0.5) is 0 Å². The fourth-order valence-electron chi connectivity index (χ4n) is 1.79. The highest BCUT2D eigenvalue weighted by atomic mass is 28.4. The first-order valence-corrected chi connectivity index (χ1v) is 9.67. The summed E-state index contributed by atoms with van der Waals surface area (Å²) in [5, 5.41) is 20.4. The highest BCUT2D eigenvalue weighted by molar-refractivity contribution is 6.74. The Hall–Kier alpha value is -1.02. The van der Waals surface area contributed by atoms with Crippen LogP contribution in [0.2, 0.25) is 18.1 Å². The van der Waals surface area contributed by atoms with E-state index < -0.39 is 37.9 Å². The van der Waals surface area contributed by atoms with Crippen molar-refractivity contribution < 1.29 is 29.0 Å². The number of carbonyl (C=O) groups is 2. The van der Waals surface area contributed by atoms with Crippen LogP contribution in [0, 0.1) is 0 Å². The Morgan fingerprint density at radius 1 is 1.38 bits per heavy atom. The van der Waals surface area contributed by atoms with Gasteiger partial charge < -0.3 is 19.4 Å². The molecule has 1 aliphatic rings. The summed E-state index contributed by atoms with van der Waals surface area (Å²) in [5.74, 6) is -1.57. The van der Waals surface area contributed by atoms with Crippen LogP contribution in [-0.4, -0.2) is 55.2 Å². The van der Waals surface area contributed by atoms with Crippen molar-refractivity contribution in [3.63, 3.8) is 0 Å². The average Bonchev–Trinajstić information content (AvgIpc) is 2.37. The minimum Gasteiger partial charge on any atom is -0.467 e. The molecule has 1 unspecified atom stereocenters. The lowest BCUT2D eigenvalue weighted by Crippen LogP contribution is -2.63. The molecule has 1 rings (SSSR count). The van der Waals surface area contributed by atoms with Crippen molar-refractivity contribution in [1.29, 1.82) is 0 Å². The number of aliphatic hydroxyl groups excluding tert-OH is 1. The van der Waals surface area contributed by atoms with Crippen LogP contribution in [0.15, 0.2) is 12.2 Å². The maximum absolute atomic E-state index is 11.9. The fourth-order valence-corrected chi connectivity index (χ4v) is 3.09. The minimum atomic E-state index is -2.43. The van der Waals surface area contributed by atoms with E-state index in [4.69, 9.17) is 4.43 Å². The van der Waals surface area contributed by atoms with Gasteiger partial charge in [0.2, 0.25) is 5.60 Å². The molecule has 0 aromatic rings. The zero-order valence-electron chi connectivity index (χ0n) is 13.3. The van der Waals surface area contributed by atoms with Gasteiger partial charge in [0.25, 0.3) is 0 Å². The number of ether oxygens (including phenoxy) is 1. The first kappa shape index (κ1) is 18.0. The minimum absolute atomic E-state index is 0.214. The molecule has 3 atom stereocenters. The number of ketones is 1. The Labute approximate surface area is 125 Å². The van der Waals surface area contributed by atoms with Crippen molar-refractivity contribution in [2.75, 3.05) is 7.11 Å². The summed E-state index contributed by atoms with van der Waals surface area (Å²) >= 11 is 0. The van der Waals surface area contributed by atoms with Crippen molar-refractivity contribution in [2.45, 2.75) is 56.7 Å². The fraction of sp³-hybridized carbons (Fsp3) is 0.714. The SMILES string of the molecule is COC(=O)[C@]1(O)C=CC(=O)C(O)[C@H]1O[Si](C)(C)C(C)(C)C. The predicted molar refractivity (Wildman–Crippen MR) is 79.2 cm³/mol. The van der Waals surface area contributed by atoms with Crippen molar-refractivity contribution in [2.24, 2.45) is 0 Å². The first-order chi connectivity index (χ1) is 9.37. The molecule has 21 heavy (non-hydrogen) atoms. The molecule has 0 saturated heterocycles. The molecule has 0 fully saturated rings. The molecule has 0 aliphatic heterocycles. The van der Waals surface area contributed by atoms with Gasteiger partial charge >= 0.3 is 5.97 Å². The standard InChI is InChI=1S/C14H24O6Si/c1-13(2,3)21(5,6)20-11-10(16)9(15)7-8-14(11,18)12(17)19-4/h7-8,10-11,16,18H,1-6H3/t10?,11-,14+/m1/s1. The summed E-state index contributed by atoms with van der Waals surface area (Å²) in [5.41, 5.74) is -2.17. The first-order valence-electron chi connectivity index (χ1n) is 6.76. The second-order valence-corrected chi connectivity index (χ2v) is 11.6. The Morgan fingerprint density at radius 2 is 1.90 bits per heavy atom. The van der Waals surface area contributed by atoms with E-state index in [1.54, 1.807) is 0 Å². The van der Waals surface area contributed by atoms with E-state index in [1.165, 1.54) is 0 Å². The van der Waals surface area contributed by atoms with E-state index in [0.29, 0.717) is 0 Å². The molecule has 0 amide bonds. The zero-order chi connectivity index (χ0) is 16.6. The van der Waals surface area contributed by atoms with Crippen LogP contribution in [-0.2, 0) is 18.8 Å². The third-order valence-electron chi connectivity index (χ3n) is 4.25. The van der Waals surface area contributed by atoms with Crippen LogP contribution >= 0.6 is 0 Å². The number of methoxy groups -OCH3 is 1. The van der Waals surface area contributed by atoms with E-state index in [9.17, 15) is 19.8 Å². The van der Waals surface area contributed by atoms with Gasteiger partial charge in [-0.1, -0.05) is 20.8 Å². The van der Waals surface area contributed by atoms with Gasteiger partial charge in [-0.2, -0.15) is 0 Å².